The van der Waals surface area contributed by atoms with Gasteiger partial charge in [0.1, 0.15) is 5.78 Å². The van der Waals surface area contributed by atoms with Gasteiger partial charge in [0.05, 0.1) is 18.5 Å². The first-order valence-electron chi connectivity index (χ1n) is 7.81. The fraction of sp³-hybridized carbons (Fsp3) is 0.471. The summed E-state index contributed by atoms with van der Waals surface area (Å²) in [5.41, 5.74) is 2.42. The van der Waals surface area contributed by atoms with Gasteiger partial charge in [0.25, 0.3) is 0 Å². The van der Waals surface area contributed by atoms with Crippen molar-refractivity contribution in [3.05, 3.63) is 35.4 Å². The number of Topliss-reactive ketones (excluding diaryl/α,β-unsaturated/α-hetero) is 1. The summed E-state index contributed by atoms with van der Waals surface area (Å²) < 4.78 is 0. The molecule has 4 rings (SSSR count). The SMILES string of the molecule is O=C1CC(C(=O)N2CC(=O)N3CCc4ccccc4[C@@H]3C2)C1. The molecular weight excluding hydrogens is 280 g/mol. The molecule has 0 N–H and O–H groups in total. The van der Waals surface area contributed by atoms with Crippen LogP contribution in [0.3, 0.4) is 0 Å². The molecule has 2 aliphatic heterocycles. The lowest BCUT2D eigenvalue weighted by molar-refractivity contribution is -0.154. The third kappa shape index (κ3) is 2.03. The summed E-state index contributed by atoms with van der Waals surface area (Å²) >= 11 is 0. The molecule has 0 bridgehead atoms. The number of piperazine rings is 1. The van der Waals surface area contributed by atoms with Crippen LogP contribution in [0.1, 0.15) is 30.0 Å². The maximum Gasteiger partial charge on any atom is 0.242 e. The molecule has 5 heteroatoms. The molecule has 1 aliphatic carbocycles. The van der Waals surface area contributed by atoms with Crippen molar-refractivity contribution in [3.63, 3.8) is 0 Å². The predicted octanol–water partition coefficient (Wildman–Crippen LogP) is 0.934. The van der Waals surface area contributed by atoms with Crippen LogP contribution in [0.2, 0.25) is 0 Å². The van der Waals surface area contributed by atoms with E-state index in [0.717, 1.165) is 18.5 Å². The van der Waals surface area contributed by atoms with Gasteiger partial charge in [-0.15, -0.1) is 0 Å². The molecular formula is C17H18N2O3. The monoisotopic (exact) mass is 298 g/mol. The van der Waals surface area contributed by atoms with Gasteiger partial charge in [-0.2, -0.15) is 0 Å². The first-order valence-corrected chi connectivity index (χ1v) is 7.81. The average molecular weight is 298 g/mol. The van der Waals surface area contributed by atoms with Gasteiger partial charge in [0, 0.05) is 25.9 Å². The van der Waals surface area contributed by atoms with E-state index in [1.54, 1.807) is 4.90 Å². The van der Waals surface area contributed by atoms with E-state index in [9.17, 15) is 14.4 Å². The Hall–Kier alpha value is -2.17. The fourth-order valence-corrected chi connectivity index (χ4v) is 3.76. The van der Waals surface area contributed by atoms with Gasteiger partial charge in [0.2, 0.25) is 11.8 Å². The van der Waals surface area contributed by atoms with Crippen LogP contribution in [-0.4, -0.2) is 47.0 Å². The summed E-state index contributed by atoms with van der Waals surface area (Å²) in [7, 11) is 0. The highest BCUT2D eigenvalue weighted by molar-refractivity contribution is 5.97. The Balaban J connectivity index is 1.59. The normalized spacial score (nSPS) is 24.6. The Labute approximate surface area is 128 Å². The summed E-state index contributed by atoms with van der Waals surface area (Å²) in [6.07, 6.45) is 1.56. The van der Waals surface area contributed by atoms with E-state index in [0.29, 0.717) is 19.4 Å². The Morgan fingerprint density at radius 3 is 2.68 bits per heavy atom. The maximum absolute atomic E-state index is 12.5. The van der Waals surface area contributed by atoms with Crippen molar-refractivity contribution in [1.29, 1.82) is 0 Å². The average Bonchev–Trinajstić information content (AvgIpc) is 2.51. The molecule has 1 saturated carbocycles. The van der Waals surface area contributed by atoms with E-state index in [4.69, 9.17) is 0 Å². The molecule has 1 saturated heterocycles. The van der Waals surface area contributed by atoms with Gasteiger partial charge in [-0.3, -0.25) is 14.4 Å². The molecule has 1 aromatic carbocycles. The molecule has 0 aromatic heterocycles. The first kappa shape index (κ1) is 13.5. The standard InChI is InChI=1S/C17H18N2O3/c20-13-7-12(8-13)17(22)18-9-15-14-4-2-1-3-11(14)5-6-19(15)16(21)10-18/h1-4,12,15H,5-10H2/t15-/m0/s1. The number of fused-ring (bicyclic) bond motifs is 3. The summed E-state index contributed by atoms with van der Waals surface area (Å²) in [5.74, 6) is -0.0718. The van der Waals surface area contributed by atoms with E-state index < -0.39 is 0 Å². The van der Waals surface area contributed by atoms with Gasteiger partial charge in [0.15, 0.2) is 0 Å². The molecule has 5 nitrogen and oxygen atoms in total. The first-order chi connectivity index (χ1) is 10.6. The van der Waals surface area contributed by atoms with E-state index in [2.05, 4.69) is 12.1 Å². The molecule has 0 radical (unpaired) electrons. The minimum Gasteiger partial charge on any atom is -0.332 e. The summed E-state index contributed by atoms with van der Waals surface area (Å²) in [6.45, 7) is 1.43. The van der Waals surface area contributed by atoms with Gasteiger partial charge in [-0.1, -0.05) is 24.3 Å². The number of hydrogen-bond donors (Lipinski definition) is 0. The molecule has 22 heavy (non-hydrogen) atoms. The highest BCUT2D eigenvalue weighted by atomic mass is 16.2. The highest BCUT2D eigenvalue weighted by Gasteiger charge is 2.42. The van der Waals surface area contributed by atoms with Crippen LogP contribution in [0.15, 0.2) is 24.3 Å². The number of benzene rings is 1. The smallest absolute Gasteiger partial charge is 0.242 e. The van der Waals surface area contributed by atoms with E-state index in [1.165, 1.54) is 5.56 Å². The quantitative estimate of drug-likeness (QED) is 0.775. The highest BCUT2D eigenvalue weighted by Crippen LogP contribution is 2.34. The minimum atomic E-state index is -0.203. The summed E-state index contributed by atoms with van der Waals surface area (Å²) in [4.78, 5) is 39.5. The topological polar surface area (TPSA) is 57.7 Å². The second-order valence-electron chi connectivity index (χ2n) is 6.41. The van der Waals surface area contributed by atoms with Gasteiger partial charge >= 0.3 is 0 Å². The lowest BCUT2D eigenvalue weighted by atomic mass is 9.82. The zero-order chi connectivity index (χ0) is 15.3. The van der Waals surface area contributed by atoms with Crippen molar-refractivity contribution in [2.75, 3.05) is 19.6 Å². The maximum atomic E-state index is 12.5. The van der Waals surface area contributed by atoms with Crippen LogP contribution in [0, 0.1) is 5.92 Å². The molecule has 0 unspecified atom stereocenters. The van der Waals surface area contributed by atoms with Crippen LogP contribution in [-0.2, 0) is 20.8 Å². The minimum absolute atomic E-state index is 0.0183. The van der Waals surface area contributed by atoms with Gasteiger partial charge < -0.3 is 9.80 Å². The summed E-state index contributed by atoms with van der Waals surface area (Å²) in [6, 6.07) is 8.12. The number of rotatable bonds is 1. The van der Waals surface area contributed by atoms with Crippen molar-refractivity contribution in [2.24, 2.45) is 5.92 Å². The summed E-state index contributed by atoms with van der Waals surface area (Å²) in [5, 5.41) is 0. The number of nitrogens with zero attached hydrogens (tertiary/aromatic N) is 2. The van der Waals surface area contributed by atoms with E-state index in [-0.39, 0.29) is 36.1 Å². The Morgan fingerprint density at radius 2 is 1.91 bits per heavy atom. The molecule has 2 amide bonds. The Kier molecular flexibility index (Phi) is 3.03. The van der Waals surface area contributed by atoms with Crippen LogP contribution in [0.4, 0.5) is 0 Å². The zero-order valence-electron chi connectivity index (χ0n) is 12.3. The third-order valence-corrected chi connectivity index (χ3v) is 5.06. The number of carbonyl (C=O) groups excluding carboxylic acids is 3. The van der Waals surface area contributed by atoms with Crippen molar-refractivity contribution < 1.29 is 14.4 Å². The molecule has 2 heterocycles. The Bertz CT molecular complexity index is 662. The van der Waals surface area contributed by atoms with Crippen LogP contribution in [0.5, 0.6) is 0 Å². The van der Waals surface area contributed by atoms with Gasteiger partial charge in [-0.25, -0.2) is 0 Å². The second kappa shape index (κ2) is 4.93. The van der Waals surface area contributed by atoms with E-state index >= 15 is 0 Å². The Morgan fingerprint density at radius 1 is 1.14 bits per heavy atom. The number of hydrogen-bond acceptors (Lipinski definition) is 3. The number of ketones is 1. The fourth-order valence-electron chi connectivity index (χ4n) is 3.76. The molecule has 1 aromatic rings. The van der Waals surface area contributed by atoms with Crippen LogP contribution in [0.25, 0.3) is 0 Å². The molecule has 3 aliphatic rings. The van der Waals surface area contributed by atoms with Crippen LogP contribution < -0.4 is 0 Å². The molecule has 2 fully saturated rings. The molecule has 114 valence electrons. The zero-order valence-corrected chi connectivity index (χ0v) is 12.3. The van der Waals surface area contributed by atoms with Crippen molar-refractivity contribution in [3.8, 4) is 0 Å². The second-order valence-corrected chi connectivity index (χ2v) is 6.41. The predicted molar refractivity (Wildman–Crippen MR) is 78.9 cm³/mol. The number of carbonyl (C=O) groups is 3. The molecule has 0 spiro atoms. The van der Waals surface area contributed by atoms with Crippen molar-refractivity contribution in [1.82, 2.24) is 9.80 Å². The van der Waals surface area contributed by atoms with E-state index in [1.807, 2.05) is 17.0 Å². The van der Waals surface area contributed by atoms with Gasteiger partial charge in [-0.05, 0) is 17.5 Å². The largest absolute Gasteiger partial charge is 0.332 e. The van der Waals surface area contributed by atoms with Crippen molar-refractivity contribution in [2.45, 2.75) is 25.3 Å². The van der Waals surface area contributed by atoms with Crippen molar-refractivity contribution >= 4 is 17.6 Å². The lowest BCUT2D eigenvalue weighted by Crippen LogP contribution is -2.57. The third-order valence-electron chi connectivity index (χ3n) is 5.06. The van der Waals surface area contributed by atoms with Crippen LogP contribution >= 0.6 is 0 Å². The molecule has 1 atom stereocenters. The number of amides is 2. The lowest BCUT2D eigenvalue weighted by Gasteiger charge is -2.45.